The maximum absolute atomic E-state index is 4.10. The van der Waals surface area contributed by atoms with Crippen molar-refractivity contribution in [2.75, 3.05) is 12.4 Å². The van der Waals surface area contributed by atoms with Crippen molar-refractivity contribution >= 4 is 21.2 Å². The lowest BCUT2D eigenvalue weighted by molar-refractivity contribution is 1.13. The fraction of sp³-hybridized carbons (Fsp3) is 1.00. The van der Waals surface area contributed by atoms with Gasteiger partial charge in [0.05, 0.1) is 0 Å². The molecule has 0 fully saturated rings. The maximum atomic E-state index is 4.10. The van der Waals surface area contributed by atoms with Crippen molar-refractivity contribution in [3.63, 3.8) is 0 Å². The van der Waals surface area contributed by atoms with E-state index in [0.29, 0.717) is 0 Å². The largest absolute Gasteiger partial charge is 0.179 e. The van der Waals surface area contributed by atoms with Crippen LogP contribution >= 0.6 is 21.2 Å². The summed E-state index contributed by atoms with van der Waals surface area (Å²) in [4.78, 5) is 0. The SMILES string of the molecule is CP[C@H](C)CS. The Morgan fingerprint density at radius 2 is 2.33 bits per heavy atom. The minimum Gasteiger partial charge on any atom is -0.179 e. The van der Waals surface area contributed by atoms with Gasteiger partial charge < -0.3 is 0 Å². The molecule has 0 aromatic rings. The molecule has 2 heteroatoms. The standard InChI is InChI=1S/C4H11PS/c1-4(3-6)5-2/h4-6H,3H2,1-2H3/t4-/m1/s1. The third kappa shape index (κ3) is 2.99. The third-order valence-corrected chi connectivity index (χ3v) is 2.85. The van der Waals surface area contributed by atoms with Gasteiger partial charge >= 0.3 is 0 Å². The predicted octanol–water partition coefficient (Wildman–Crippen LogP) is 1.61. The maximum Gasteiger partial charge on any atom is -0.00352 e. The lowest BCUT2D eigenvalue weighted by atomic mass is 10.6. The van der Waals surface area contributed by atoms with Gasteiger partial charge in [-0.05, 0) is 18.1 Å². The van der Waals surface area contributed by atoms with Crippen molar-refractivity contribution in [3.05, 3.63) is 0 Å². The first-order chi connectivity index (χ1) is 2.81. The second kappa shape index (κ2) is 3.95. The zero-order valence-corrected chi connectivity index (χ0v) is 6.13. The van der Waals surface area contributed by atoms with Crippen LogP contribution in [-0.4, -0.2) is 18.1 Å². The van der Waals surface area contributed by atoms with Crippen molar-refractivity contribution in [1.82, 2.24) is 0 Å². The van der Waals surface area contributed by atoms with Crippen LogP contribution in [-0.2, 0) is 0 Å². The van der Waals surface area contributed by atoms with E-state index in [2.05, 4.69) is 26.2 Å². The summed E-state index contributed by atoms with van der Waals surface area (Å²) < 4.78 is 0. The van der Waals surface area contributed by atoms with E-state index in [0.717, 1.165) is 20.0 Å². The Balaban J connectivity index is 2.75. The Morgan fingerprint density at radius 3 is 2.33 bits per heavy atom. The molecular formula is C4H11PS. The van der Waals surface area contributed by atoms with E-state index in [1.54, 1.807) is 0 Å². The average Bonchev–Trinajstić information content (AvgIpc) is 1.65. The third-order valence-electron chi connectivity index (χ3n) is 0.767. The van der Waals surface area contributed by atoms with Crippen molar-refractivity contribution in [2.45, 2.75) is 12.6 Å². The zero-order chi connectivity index (χ0) is 4.99. The Kier molecular flexibility index (Phi) is 4.47. The molecule has 0 saturated heterocycles. The van der Waals surface area contributed by atoms with Crippen LogP contribution in [0.2, 0.25) is 0 Å². The quantitative estimate of drug-likeness (QED) is 0.417. The van der Waals surface area contributed by atoms with E-state index in [4.69, 9.17) is 0 Å². The fourth-order valence-electron chi connectivity index (χ4n) is 0.0913. The van der Waals surface area contributed by atoms with Gasteiger partial charge in [-0.2, -0.15) is 12.6 Å². The van der Waals surface area contributed by atoms with E-state index in [1.165, 1.54) is 0 Å². The van der Waals surface area contributed by atoms with Crippen LogP contribution in [0.3, 0.4) is 0 Å². The van der Waals surface area contributed by atoms with Gasteiger partial charge in [-0.25, -0.2) is 0 Å². The van der Waals surface area contributed by atoms with Crippen LogP contribution in [0.15, 0.2) is 0 Å². The normalized spacial score (nSPS) is 16.5. The Morgan fingerprint density at radius 1 is 1.83 bits per heavy atom. The van der Waals surface area contributed by atoms with E-state index in [9.17, 15) is 0 Å². The molecular weight excluding hydrogens is 111 g/mol. The monoisotopic (exact) mass is 122 g/mol. The molecule has 0 spiro atoms. The van der Waals surface area contributed by atoms with Crippen LogP contribution in [0.1, 0.15) is 6.92 Å². The summed E-state index contributed by atoms with van der Waals surface area (Å²) in [6.45, 7) is 4.42. The molecule has 0 rings (SSSR count). The van der Waals surface area contributed by atoms with Gasteiger partial charge in [-0.1, -0.05) is 6.92 Å². The molecule has 38 valence electrons. The number of rotatable bonds is 2. The van der Waals surface area contributed by atoms with Gasteiger partial charge in [0.2, 0.25) is 0 Å². The second-order valence-corrected chi connectivity index (χ2v) is 3.30. The van der Waals surface area contributed by atoms with E-state index >= 15 is 0 Å². The van der Waals surface area contributed by atoms with Crippen molar-refractivity contribution in [1.29, 1.82) is 0 Å². The van der Waals surface area contributed by atoms with Crippen LogP contribution < -0.4 is 0 Å². The predicted molar refractivity (Wildman–Crippen MR) is 37.6 cm³/mol. The van der Waals surface area contributed by atoms with E-state index in [-0.39, 0.29) is 0 Å². The highest BCUT2D eigenvalue weighted by Gasteiger charge is 1.89. The topological polar surface area (TPSA) is 0 Å². The highest BCUT2D eigenvalue weighted by atomic mass is 32.1. The van der Waals surface area contributed by atoms with Crippen LogP contribution in [0.4, 0.5) is 0 Å². The first kappa shape index (κ1) is 6.78. The highest BCUT2D eigenvalue weighted by molar-refractivity contribution is 7.80. The molecule has 0 heterocycles. The zero-order valence-electron chi connectivity index (χ0n) is 4.23. The molecule has 0 aromatic carbocycles. The minimum absolute atomic E-state index is 0.827. The van der Waals surface area contributed by atoms with Crippen LogP contribution in [0, 0.1) is 0 Å². The van der Waals surface area contributed by atoms with Crippen molar-refractivity contribution in [2.24, 2.45) is 0 Å². The summed E-state index contributed by atoms with van der Waals surface area (Å²) >= 11 is 4.10. The summed E-state index contributed by atoms with van der Waals surface area (Å²) in [5.41, 5.74) is 0.827. The minimum atomic E-state index is 0.827. The lowest BCUT2D eigenvalue weighted by Crippen LogP contribution is -1.91. The Bertz CT molecular complexity index is 26.7. The van der Waals surface area contributed by atoms with Gasteiger partial charge in [-0.3, -0.25) is 0 Å². The number of thiol groups is 1. The molecule has 6 heavy (non-hydrogen) atoms. The second-order valence-electron chi connectivity index (χ2n) is 1.37. The van der Waals surface area contributed by atoms with E-state index < -0.39 is 0 Å². The molecule has 0 amide bonds. The smallest absolute Gasteiger partial charge is 0.00352 e. The van der Waals surface area contributed by atoms with Crippen LogP contribution in [0.25, 0.3) is 0 Å². The van der Waals surface area contributed by atoms with Gasteiger partial charge in [0.25, 0.3) is 0 Å². The molecule has 0 aromatic heterocycles. The molecule has 0 aliphatic carbocycles. The average molecular weight is 122 g/mol. The van der Waals surface area contributed by atoms with Crippen molar-refractivity contribution in [3.8, 4) is 0 Å². The molecule has 0 saturated carbocycles. The number of hydrogen-bond acceptors (Lipinski definition) is 1. The summed E-state index contributed by atoms with van der Waals surface area (Å²) in [5.74, 6) is 1.04. The molecule has 2 atom stereocenters. The fourth-order valence-corrected chi connectivity index (χ4v) is 0.822. The highest BCUT2D eigenvalue weighted by Crippen LogP contribution is 2.12. The number of hydrogen-bond donors (Lipinski definition) is 1. The van der Waals surface area contributed by atoms with Gasteiger partial charge in [0, 0.05) is 0 Å². The summed E-state index contributed by atoms with van der Waals surface area (Å²) in [5, 5.41) is 0. The van der Waals surface area contributed by atoms with Crippen molar-refractivity contribution < 1.29 is 0 Å². The molecule has 0 N–H and O–H groups in total. The molecule has 0 radical (unpaired) electrons. The van der Waals surface area contributed by atoms with Gasteiger partial charge in [0.15, 0.2) is 0 Å². The van der Waals surface area contributed by atoms with Gasteiger partial charge in [0.1, 0.15) is 0 Å². The Labute approximate surface area is 46.9 Å². The van der Waals surface area contributed by atoms with Crippen LogP contribution in [0.5, 0.6) is 0 Å². The summed E-state index contributed by atoms with van der Waals surface area (Å²) in [7, 11) is 1.06. The van der Waals surface area contributed by atoms with Gasteiger partial charge in [-0.15, -0.1) is 8.58 Å². The molecule has 1 unspecified atom stereocenters. The van der Waals surface area contributed by atoms with E-state index in [1.807, 2.05) is 0 Å². The first-order valence-electron chi connectivity index (χ1n) is 2.09. The molecule has 0 nitrogen and oxygen atoms in total. The summed E-state index contributed by atoms with van der Waals surface area (Å²) in [6, 6.07) is 0. The summed E-state index contributed by atoms with van der Waals surface area (Å²) in [6.07, 6.45) is 0. The first-order valence-corrected chi connectivity index (χ1v) is 4.30. The molecule has 0 bridgehead atoms. The Hall–Kier alpha value is 0.780. The lowest BCUT2D eigenvalue weighted by Gasteiger charge is -1.98. The molecule has 0 aliphatic heterocycles. The molecule has 0 aliphatic rings.